The largest absolute Gasteiger partial charge is 0.493 e. The van der Waals surface area contributed by atoms with Crippen LogP contribution in [-0.4, -0.2) is 41.6 Å². The zero-order valence-electron chi connectivity index (χ0n) is 19.6. The Bertz CT molecular complexity index is 1440. The number of carbonyl (C=O) groups excluding carboxylic acids is 1. The summed E-state index contributed by atoms with van der Waals surface area (Å²) < 4.78 is 18.5. The predicted octanol–water partition coefficient (Wildman–Crippen LogP) is 5.62. The average molecular weight is 612 g/mol. The molecule has 4 aromatic rings. The van der Waals surface area contributed by atoms with E-state index in [1.165, 1.54) is 11.8 Å². The summed E-state index contributed by atoms with van der Waals surface area (Å²) >= 11 is 3.54. The van der Waals surface area contributed by atoms with Crippen LogP contribution in [0.5, 0.6) is 17.4 Å². The molecule has 8 nitrogen and oxygen atoms in total. The van der Waals surface area contributed by atoms with Crippen molar-refractivity contribution in [1.29, 1.82) is 0 Å². The lowest BCUT2D eigenvalue weighted by molar-refractivity contribution is 0.0909. The van der Waals surface area contributed by atoms with E-state index in [1.807, 2.05) is 60.9 Å². The Morgan fingerprint density at radius 3 is 2.50 bits per heavy atom. The Kier molecular flexibility index (Phi) is 6.97. The standard InChI is InChI=1S/C26H21IN4O4S/c1-33-20-14-16(13-18(27)22(20)34-2)25-31(24(32)15-9-5-4-6-10-15)19-12-8-7-11-17(19)21-23(35-25)28-26(36-3)30-29-21/h4-14,25H,1-3H3. The van der Waals surface area contributed by atoms with Crippen LogP contribution in [0.4, 0.5) is 5.69 Å². The lowest BCUT2D eigenvalue weighted by Crippen LogP contribution is -2.37. The number of para-hydroxylation sites is 1. The Labute approximate surface area is 226 Å². The Morgan fingerprint density at radius 2 is 1.78 bits per heavy atom. The summed E-state index contributed by atoms with van der Waals surface area (Å²) in [6.45, 7) is 0. The fourth-order valence-electron chi connectivity index (χ4n) is 4.04. The molecule has 2 heterocycles. The number of hydrogen-bond acceptors (Lipinski definition) is 8. The summed E-state index contributed by atoms with van der Waals surface area (Å²) in [6, 6.07) is 20.3. The number of aromatic nitrogens is 3. The summed E-state index contributed by atoms with van der Waals surface area (Å²) in [5.41, 5.74) is 3.00. The molecule has 1 unspecified atom stereocenters. The smallest absolute Gasteiger partial charge is 0.261 e. The van der Waals surface area contributed by atoms with E-state index in [0.717, 1.165) is 3.57 Å². The molecule has 0 radical (unpaired) electrons. The molecule has 10 heteroatoms. The van der Waals surface area contributed by atoms with Crippen LogP contribution in [0.15, 0.2) is 71.9 Å². The number of methoxy groups -OCH3 is 2. The fourth-order valence-corrected chi connectivity index (χ4v) is 5.18. The Balaban J connectivity index is 1.78. The van der Waals surface area contributed by atoms with Gasteiger partial charge in [-0.1, -0.05) is 48.2 Å². The molecule has 3 aromatic carbocycles. The molecule has 182 valence electrons. The van der Waals surface area contributed by atoms with Crippen LogP contribution in [0.1, 0.15) is 22.1 Å². The summed E-state index contributed by atoms with van der Waals surface area (Å²) in [4.78, 5) is 20.3. The van der Waals surface area contributed by atoms with Crippen molar-refractivity contribution < 1.29 is 19.0 Å². The molecule has 1 aliphatic rings. The molecule has 0 spiro atoms. The number of halogens is 1. The molecule has 0 saturated heterocycles. The van der Waals surface area contributed by atoms with E-state index in [4.69, 9.17) is 14.2 Å². The summed E-state index contributed by atoms with van der Waals surface area (Å²) in [5, 5.41) is 9.11. The molecular formula is C26H21IN4O4S. The van der Waals surface area contributed by atoms with Gasteiger partial charge in [-0.05, 0) is 59.2 Å². The van der Waals surface area contributed by atoms with Crippen molar-refractivity contribution in [3.63, 3.8) is 0 Å². The molecule has 5 rings (SSSR count). The maximum absolute atomic E-state index is 14.1. The van der Waals surface area contributed by atoms with Gasteiger partial charge < -0.3 is 14.2 Å². The van der Waals surface area contributed by atoms with Gasteiger partial charge >= 0.3 is 0 Å². The first-order valence-electron chi connectivity index (χ1n) is 10.9. The van der Waals surface area contributed by atoms with Crippen LogP contribution in [0.2, 0.25) is 0 Å². The summed E-state index contributed by atoms with van der Waals surface area (Å²) in [6.07, 6.45) is 0.993. The quantitative estimate of drug-likeness (QED) is 0.212. The van der Waals surface area contributed by atoms with Gasteiger partial charge in [0, 0.05) is 16.7 Å². The fraction of sp³-hybridized carbons (Fsp3) is 0.154. The molecule has 0 fully saturated rings. The van der Waals surface area contributed by atoms with E-state index in [9.17, 15) is 4.79 Å². The van der Waals surface area contributed by atoms with E-state index in [-0.39, 0.29) is 5.91 Å². The maximum atomic E-state index is 14.1. The number of amides is 1. The van der Waals surface area contributed by atoms with Crippen molar-refractivity contribution in [2.75, 3.05) is 25.4 Å². The highest BCUT2D eigenvalue weighted by Gasteiger charge is 2.37. The van der Waals surface area contributed by atoms with Gasteiger partial charge in [-0.25, -0.2) is 0 Å². The van der Waals surface area contributed by atoms with Crippen molar-refractivity contribution >= 4 is 45.9 Å². The van der Waals surface area contributed by atoms with Gasteiger partial charge in [0.05, 0.1) is 23.5 Å². The molecule has 1 amide bonds. The maximum Gasteiger partial charge on any atom is 0.261 e. The number of anilines is 1. The molecule has 0 bridgehead atoms. The van der Waals surface area contributed by atoms with Gasteiger partial charge in [-0.15, -0.1) is 10.2 Å². The summed E-state index contributed by atoms with van der Waals surface area (Å²) in [5.74, 6) is 1.19. The van der Waals surface area contributed by atoms with E-state index in [1.54, 1.807) is 31.3 Å². The van der Waals surface area contributed by atoms with Crippen LogP contribution in [0.25, 0.3) is 11.3 Å². The molecule has 36 heavy (non-hydrogen) atoms. The number of thioether (sulfide) groups is 1. The Morgan fingerprint density at radius 1 is 1.03 bits per heavy atom. The molecule has 0 aliphatic carbocycles. The highest BCUT2D eigenvalue weighted by Crippen LogP contribution is 2.45. The van der Waals surface area contributed by atoms with Gasteiger partial charge in [-0.3, -0.25) is 9.69 Å². The first kappa shape index (κ1) is 24.3. The van der Waals surface area contributed by atoms with Crippen molar-refractivity contribution in [2.24, 2.45) is 0 Å². The number of nitrogens with zero attached hydrogens (tertiary/aromatic N) is 4. The first-order chi connectivity index (χ1) is 17.5. The molecule has 0 saturated carbocycles. The lowest BCUT2D eigenvalue weighted by Gasteiger charge is -2.31. The number of rotatable bonds is 5. The highest BCUT2D eigenvalue weighted by molar-refractivity contribution is 14.1. The number of benzene rings is 3. The second-order valence-electron chi connectivity index (χ2n) is 7.72. The van der Waals surface area contributed by atoms with Crippen LogP contribution in [0, 0.1) is 3.57 Å². The number of fused-ring (bicyclic) bond motifs is 3. The lowest BCUT2D eigenvalue weighted by atomic mass is 10.1. The number of hydrogen-bond donors (Lipinski definition) is 0. The minimum absolute atomic E-state index is 0.233. The second-order valence-corrected chi connectivity index (χ2v) is 9.65. The molecule has 1 aliphatic heterocycles. The van der Waals surface area contributed by atoms with E-state index in [0.29, 0.717) is 50.6 Å². The van der Waals surface area contributed by atoms with Gasteiger partial charge in [0.25, 0.3) is 5.91 Å². The highest BCUT2D eigenvalue weighted by atomic mass is 127. The van der Waals surface area contributed by atoms with Crippen LogP contribution in [-0.2, 0) is 0 Å². The SMILES string of the molecule is COc1cc(C2Oc3nc(SC)nnc3-c3ccccc3N2C(=O)c2ccccc2)cc(I)c1OC. The normalized spacial score (nSPS) is 14.2. The predicted molar refractivity (Wildman–Crippen MR) is 146 cm³/mol. The van der Waals surface area contributed by atoms with E-state index >= 15 is 0 Å². The average Bonchev–Trinajstić information content (AvgIpc) is 3.06. The third kappa shape index (κ3) is 4.35. The van der Waals surface area contributed by atoms with Gasteiger partial charge in [-0.2, -0.15) is 4.98 Å². The van der Waals surface area contributed by atoms with Gasteiger partial charge in [0.15, 0.2) is 17.2 Å². The van der Waals surface area contributed by atoms with Crippen molar-refractivity contribution in [2.45, 2.75) is 11.4 Å². The second kappa shape index (κ2) is 10.3. The first-order valence-corrected chi connectivity index (χ1v) is 13.2. The Hall–Kier alpha value is -3.38. The van der Waals surface area contributed by atoms with Crippen LogP contribution in [0.3, 0.4) is 0 Å². The van der Waals surface area contributed by atoms with Crippen molar-refractivity contribution in [3.05, 3.63) is 81.4 Å². The van der Waals surface area contributed by atoms with E-state index in [2.05, 4.69) is 37.8 Å². The monoisotopic (exact) mass is 612 g/mol. The minimum atomic E-state index is -0.875. The van der Waals surface area contributed by atoms with Gasteiger partial charge in [0.1, 0.15) is 0 Å². The van der Waals surface area contributed by atoms with Crippen molar-refractivity contribution in [1.82, 2.24) is 15.2 Å². The zero-order valence-corrected chi connectivity index (χ0v) is 22.6. The summed E-state index contributed by atoms with van der Waals surface area (Å²) in [7, 11) is 3.16. The molecular weight excluding hydrogens is 591 g/mol. The van der Waals surface area contributed by atoms with Crippen molar-refractivity contribution in [3.8, 4) is 28.6 Å². The zero-order chi connectivity index (χ0) is 25.2. The number of ether oxygens (including phenoxy) is 3. The van der Waals surface area contributed by atoms with Crippen LogP contribution < -0.4 is 19.1 Å². The topological polar surface area (TPSA) is 86.7 Å². The van der Waals surface area contributed by atoms with E-state index < -0.39 is 6.23 Å². The van der Waals surface area contributed by atoms with Crippen LogP contribution >= 0.6 is 34.4 Å². The number of carbonyl (C=O) groups is 1. The molecule has 1 atom stereocenters. The minimum Gasteiger partial charge on any atom is -0.493 e. The third-order valence-electron chi connectivity index (χ3n) is 5.67. The third-order valence-corrected chi connectivity index (χ3v) is 7.01. The van der Waals surface area contributed by atoms with Gasteiger partial charge in [0.2, 0.25) is 17.3 Å². The molecule has 1 aromatic heterocycles. The molecule has 0 N–H and O–H groups in total.